The van der Waals surface area contributed by atoms with Crippen molar-refractivity contribution >= 4 is 17.3 Å². The van der Waals surface area contributed by atoms with E-state index in [-0.39, 0.29) is 11.6 Å². The second-order valence-electron chi connectivity index (χ2n) is 7.77. The van der Waals surface area contributed by atoms with Crippen molar-refractivity contribution in [2.75, 3.05) is 10.6 Å². The van der Waals surface area contributed by atoms with E-state index in [1.807, 2.05) is 92.7 Å². The normalized spacial score (nSPS) is 11.6. The molecule has 1 unspecified atom stereocenters. The van der Waals surface area contributed by atoms with Crippen LogP contribution in [0.3, 0.4) is 0 Å². The number of amides is 1. The highest BCUT2D eigenvalue weighted by Crippen LogP contribution is 2.25. The molecule has 1 amide bonds. The van der Waals surface area contributed by atoms with Gasteiger partial charge in [0.15, 0.2) is 6.23 Å². The summed E-state index contributed by atoms with van der Waals surface area (Å²) in [4.78, 5) is 17.5. The van der Waals surface area contributed by atoms with Crippen molar-refractivity contribution in [3.8, 4) is 11.1 Å². The Balaban J connectivity index is 1.68. The average Bonchev–Trinajstić information content (AvgIpc) is 2.79. The summed E-state index contributed by atoms with van der Waals surface area (Å²) in [6.07, 6.45) is -1.08. The third kappa shape index (κ3) is 5.20. The molecule has 1 aromatic heterocycles. The van der Waals surface area contributed by atoms with E-state index in [4.69, 9.17) is 0 Å². The van der Waals surface area contributed by atoms with Crippen LogP contribution in [-0.2, 0) is 0 Å². The first-order chi connectivity index (χ1) is 15.5. The number of anilines is 2. The fourth-order valence-electron chi connectivity index (χ4n) is 3.49. The Morgan fingerprint density at radius 3 is 2.12 bits per heavy atom. The number of nitrogens with one attached hydrogen (secondary N) is 2. The maximum absolute atomic E-state index is 13.0. The summed E-state index contributed by atoms with van der Waals surface area (Å²) in [5, 5.41) is 16.8. The van der Waals surface area contributed by atoms with Crippen LogP contribution >= 0.6 is 0 Å². The third-order valence-corrected chi connectivity index (χ3v) is 5.06. The topological polar surface area (TPSA) is 74.2 Å². The molecular weight excluding hydrogens is 398 g/mol. The van der Waals surface area contributed by atoms with Crippen molar-refractivity contribution < 1.29 is 9.90 Å². The van der Waals surface area contributed by atoms with Crippen LogP contribution in [0, 0.1) is 13.8 Å². The van der Waals surface area contributed by atoms with Gasteiger partial charge in [-0.15, -0.1) is 0 Å². The maximum Gasteiger partial charge on any atom is 0.274 e. The predicted molar refractivity (Wildman–Crippen MR) is 129 cm³/mol. The number of nitrogens with zero attached hydrogens (tertiary/aromatic N) is 1. The van der Waals surface area contributed by atoms with Crippen LogP contribution in [0.5, 0.6) is 0 Å². The number of rotatable bonds is 6. The van der Waals surface area contributed by atoms with Gasteiger partial charge in [0.25, 0.3) is 5.91 Å². The Bertz CT molecular complexity index is 1240. The van der Waals surface area contributed by atoms with Gasteiger partial charge in [-0.3, -0.25) is 4.79 Å². The molecule has 0 saturated heterocycles. The first-order valence-corrected chi connectivity index (χ1v) is 10.4. The van der Waals surface area contributed by atoms with Gasteiger partial charge in [-0.1, -0.05) is 54.6 Å². The third-order valence-electron chi connectivity index (χ3n) is 5.06. The zero-order chi connectivity index (χ0) is 22.5. The van der Waals surface area contributed by atoms with Crippen molar-refractivity contribution in [2.24, 2.45) is 0 Å². The lowest BCUT2D eigenvalue weighted by molar-refractivity contribution is 0.102. The zero-order valence-electron chi connectivity index (χ0n) is 18.0. The molecule has 3 aromatic carbocycles. The fourth-order valence-corrected chi connectivity index (χ4v) is 3.49. The van der Waals surface area contributed by atoms with Gasteiger partial charge in [-0.25, -0.2) is 4.98 Å². The molecule has 0 aliphatic heterocycles. The van der Waals surface area contributed by atoms with Crippen molar-refractivity contribution in [3.63, 3.8) is 0 Å². The summed E-state index contributed by atoms with van der Waals surface area (Å²) in [6.45, 7) is 3.95. The minimum absolute atomic E-state index is 0.230. The highest BCUT2D eigenvalue weighted by molar-refractivity contribution is 6.03. The van der Waals surface area contributed by atoms with Gasteiger partial charge >= 0.3 is 0 Å². The van der Waals surface area contributed by atoms with Crippen LogP contribution in [0.2, 0.25) is 0 Å². The Hall–Kier alpha value is -3.96. The standard InChI is InChI=1S/C27H25N3O2/c1-18-8-6-12-22(14-18)28-26(31)24-16-21(20-10-4-3-5-11-20)17-25(30-24)27(32)29-23-13-7-9-19(2)15-23/h3-17,26,28,31H,1-2H3,(H,29,32). The number of aliphatic hydroxyl groups excluding tert-OH is 1. The van der Waals surface area contributed by atoms with E-state index in [0.717, 1.165) is 27.9 Å². The number of pyridine rings is 1. The van der Waals surface area contributed by atoms with Crippen LogP contribution in [0.15, 0.2) is 91.0 Å². The van der Waals surface area contributed by atoms with E-state index in [0.29, 0.717) is 11.4 Å². The largest absolute Gasteiger partial charge is 0.368 e. The number of carbonyl (C=O) groups is 1. The molecule has 0 spiro atoms. The molecule has 0 bridgehead atoms. The molecule has 1 heterocycles. The molecule has 1 atom stereocenters. The molecule has 4 rings (SSSR count). The summed E-state index contributed by atoms with van der Waals surface area (Å²) in [5.41, 5.74) is 5.92. The van der Waals surface area contributed by atoms with Gasteiger partial charge in [0, 0.05) is 11.4 Å². The van der Waals surface area contributed by atoms with Crippen molar-refractivity contribution in [1.29, 1.82) is 0 Å². The van der Waals surface area contributed by atoms with Crippen LogP contribution in [0.1, 0.15) is 33.5 Å². The Kier molecular flexibility index (Phi) is 6.29. The van der Waals surface area contributed by atoms with E-state index in [1.165, 1.54) is 0 Å². The lowest BCUT2D eigenvalue weighted by Gasteiger charge is -2.17. The monoisotopic (exact) mass is 423 g/mol. The Morgan fingerprint density at radius 1 is 0.781 bits per heavy atom. The molecule has 0 radical (unpaired) electrons. The SMILES string of the molecule is Cc1cccc(NC(=O)c2cc(-c3ccccc3)cc(C(O)Nc3cccc(C)c3)n2)c1. The van der Waals surface area contributed by atoms with Crippen molar-refractivity contribution in [3.05, 3.63) is 114 Å². The van der Waals surface area contributed by atoms with Gasteiger partial charge in [-0.05, 0) is 72.5 Å². The average molecular weight is 424 g/mol. The quantitative estimate of drug-likeness (QED) is 0.347. The number of hydrogen-bond donors (Lipinski definition) is 3. The number of benzene rings is 3. The number of carbonyl (C=O) groups excluding carboxylic acids is 1. The van der Waals surface area contributed by atoms with E-state index in [1.54, 1.807) is 12.1 Å². The van der Waals surface area contributed by atoms with Crippen LogP contribution in [-0.4, -0.2) is 16.0 Å². The molecule has 160 valence electrons. The molecular formula is C27H25N3O2. The second-order valence-corrected chi connectivity index (χ2v) is 7.77. The summed E-state index contributed by atoms with van der Waals surface area (Å²) < 4.78 is 0. The summed E-state index contributed by atoms with van der Waals surface area (Å²) >= 11 is 0. The second kappa shape index (κ2) is 9.45. The molecule has 32 heavy (non-hydrogen) atoms. The molecule has 5 nitrogen and oxygen atoms in total. The van der Waals surface area contributed by atoms with E-state index >= 15 is 0 Å². The smallest absolute Gasteiger partial charge is 0.274 e. The van der Waals surface area contributed by atoms with Gasteiger partial charge in [-0.2, -0.15) is 0 Å². The van der Waals surface area contributed by atoms with Crippen LogP contribution in [0.4, 0.5) is 11.4 Å². The van der Waals surface area contributed by atoms with E-state index in [2.05, 4.69) is 15.6 Å². The lowest BCUT2D eigenvalue weighted by atomic mass is 10.0. The van der Waals surface area contributed by atoms with Crippen LogP contribution < -0.4 is 10.6 Å². The minimum atomic E-state index is -1.08. The number of aryl methyl sites for hydroxylation is 2. The molecule has 0 fully saturated rings. The van der Waals surface area contributed by atoms with E-state index in [9.17, 15) is 9.90 Å². The summed E-state index contributed by atoms with van der Waals surface area (Å²) in [5.74, 6) is -0.336. The summed E-state index contributed by atoms with van der Waals surface area (Å²) in [6, 6.07) is 28.6. The maximum atomic E-state index is 13.0. The highest BCUT2D eigenvalue weighted by Gasteiger charge is 2.17. The Labute approximate surface area is 187 Å². The van der Waals surface area contributed by atoms with Gasteiger partial charge < -0.3 is 15.7 Å². The predicted octanol–water partition coefficient (Wildman–Crippen LogP) is 5.72. The summed E-state index contributed by atoms with van der Waals surface area (Å²) in [7, 11) is 0. The lowest BCUT2D eigenvalue weighted by Crippen LogP contribution is -2.18. The zero-order valence-corrected chi connectivity index (χ0v) is 18.0. The molecule has 0 aliphatic rings. The fraction of sp³-hybridized carbons (Fsp3) is 0.111. The van der Waals surface area contributed by atoms with Crippen LogP contribution in [0.25, 0.3) is 11.1 Å². The van der Waals surface area contributed by atoms with E-state index < -0.39 is 6.23 Å². The number of hydrogen-bond acceptors (Lipinski definition) is 4. The molecule has 3 N–H and O–H groups in total. The van der Waals surface area contributed by atoms with Gasteiger partial charge in [0.1, 0.15) is 5.69 Å². The van der Waals surface area contributed by atoms with Crippen molar-refractivity contribution in [1.82, 2.24) is 4.98 Å². The first-order valence-electron chi connectivity index (χ1n) is 10.4. The molecule has 5 heteroatoms. The molecule has 0 aliphatic carbocycles. The minimum Gasteiger partial charge on any atom is -0.368 e. The van der Waals surface area contributed by atoms with Gasteiger partial charge in [0.2, 0.25) is 0 Å². The number of aliphatic hydroxyl groups is 1. The Morgan fingerprint density at radius 2 is 1.44 bits per heavy atom. The van der Waals surface area contributed by atoms with Gasteiger partial charge in [0.05, 0.1) is 5.69 Å². The first kappa shape index (κ1) is 21.3. The highest BCUT2D eigenvalue weighted by atomic mass is 16.3. The molecule has 0 saturated carbocycles. The molecule has 4 aromatic rings. The number of aromatic nitrogens is 1. The van der Waals surface area contributed by atoms with Crippen molar-refractivity contribution in [2.45, 2.75) is 20.1 Å².